The molecule has 0 fully saturated rings. The summed E-state index contributed by atoms with van der Waals surface area (Å²) in [6.07, 6.45) is 1.74. The van der Waals surface area contributed by atoms with E-state index in [2.05, 4.69) is 15.9 Å². The Morgan fingerprint density at radius 3 is 1.81 bits per heavy atom. The molecular formula is C23H17BrO2. The van der Waals surface area contributed by atoms with Crippen molar-refractivity contribution in [3.8, 4) is 0 Å². The number of ketones is 2. The van der Waals surface area contributed by atoms with E-state index in [4.69, 9.17) is 0 Å². The van der Waals surface area contributed by atoms with E-state index in [1.54, 1.807) is 30.3 Å². The van der Waals surface area contributed by atoms with Crippen LogP contribution in [0.15, 0.2) is 95.5 Å². The van der Waals surface area contributed by atoms with Crippen LogP contribution in [0.25, 0.3) is 5.57 Å². The number of hydrogen-bond acceptors (Lipinski definition) is 2. The van der Waals surface area contributed by atoms with Crippen molar-refractivity contribution >= 4 is 33.1 Å². The van der Waals surface area contributed by atoms with E-state index in [0.29, 0.717) is 16.7 Å². The molecule has 0 amide bonds. The van der Waals surface area contributed by atoms with E-state index in [-0.39, 0.29) is 18.0 Å². The molecule has 26 heavy (non-hydrogen) atoms. The van der Waals surface area contributed by atoms with Crippen LogP contribution in [0.3, 0.4) is 0 Å². The van der Waals surface area contributed by atoms with E-state index in [9.17, 15) is 9.59 Å². The van der Waals surface area contributed by atoms with Gasteiger partial charge in [-0.3, -0.25) is 9.59 Å². The van der Waals surface area contributed by atoms with Gasteiger partial charge >= 0.3 is 0 Å². The molecule has 3 aromatic carbocycles. The molecule has 0 aromatic heterocycles. The second-order valence-electron chi connectivity index (χ2n) is 5.87. The van der Waals surface area contributed by atoms with Crippen LogP contribution in [-0.4, -0.2) is 11.6 Å². The predicted octanol–water partition coefficient (Wildman–Crippen LogP) is 5.99. The van der Waals surface area contributed by atoms with Crippen molar-refractivity contribution in [2.75, 3.05) is 0 Å². The number of carbonyl (C=O) groups excluding carboxylic acids is 2. The van der Waals surface area contributed by atoms with Crippen LogP contribution >= 0.6 is 15.9 Å². The van der Waals surface area contributed by atoms with E-state index < -0.39 is 0 Å². The lowest BCUT2D eigenvalue weighted by Crippen LogP contribution is -2.03. The quantitative estimate of drug-likeness (QED) is 0.373. The smallest absolute Gasteiger partial charge is 0.186 e. The number of halogens is 1. The molecule has 0 aliphatic rings. The first-order chi connectivity index (χ1) is 12.6. The van der Waals surface area contributed by atoms with Crippen molar-refractivity contribution in [2.45, 2.75) is 6.42 Å². The summed E-state index contributed by atoms with van der Waals surface area (Å²) >= 11 is 3.42. The molecule has 0 heterocycles. The van der Waals surface area contributed by atoms with Crippen molar-refractivity contribution in [3.05, 3.63) is 112 Å². The summed E-state index contributed by atoms with van der Waals surface area (Å²) in [7, 11) is 0. The highest BCUT2D eigenvalue weighted by atomic mass is 79.9. The number of hydrogen-bond donors (Lipinski definition) is 0. The highest BCUT2D eigenvalue weighted by molar-refractivity contribution is 9.10. The maximum atomic E-state index is 12.7. The Hall–Kier alpha value is -2.78. The van der Waals surface area contributed by atoms with Crippen molar-refractivity contribution < 1.29 is 9.59 Å². The molecule has 0 atom stereocenters. The lowest BCUT2D eigenvalue weighted by Gasteiger charge is -2.08. The lowest BCUT2D eigenvalue weighted by atomic mass is 9.95. The molecule has 0 unspecified atom stereocenters. The van der Waals surface area contributed by atoms with E-state index in [0.717, 1.165) is 10.0 Å². The lowest BCUT2D eigenvalue weighted by molar-refractivity contribution is 0.0998. The number of benzene rings is 3. The second kappa shape index (κ2) is 8.54. The van der Waals surface area contributed by atoms with Gasteiger partial charge in [-0.05, 0) is 29.3 Å². The number of allylic oxidation sites excluding steroid dienone is 2. The van der Waals surface area contributed by atoms with Crippen LogP contribution in [0.2, 0.25) is 0 Å². The number of rotatable bonds is 6. The molecular weight excluding hydrogens is 388 g/mol. The highest BCUT2D eigenvalue weighted by Crippen LogP contribution is 2.23. The third-order valence-corrected chi connectivity index (χ3v) is 4.55. The molecule has 0 radical (unpaired) electrons. The molecule has 0 aliphatic heterocycles. The van der Waals surface area contributed by atoms with Crippen LogP contribution in [-0.2, 0) is 0 Å². The largest absolute Gasteiger partial charge is 0.294 e. The highest BCUT2D eigenvalue weighted by Gasteiger charge is 2.13. The Labute approximate surface area is 161 Å². The molecule has 0 aliphatic carbocycles. The third kappa shape index (κ3) is 4.64. The van der Waals surface area contributed by atoms with Gasteiger partial charge in [-0.1, -0.05) is 88.7 Å². The summed E-state index contributed by atoms with van der Waals surface area (Å²) in [4.78, 5) is 25.3. The molecule has 0 bridgehead atoms. The molecule has 0 saturated heterocycles. The van der Waals surface area contributed by atoms with Crippen molar-refractivity contribution in [3.63, 3.8) is 0 Å². The first kappa shape index (κ1) is 18.0. The molecule has 3 heteroatoms. The molecule has 2 nitrogen and oxygen atoms in total. The van der Waals surface area contributed by atoms with Crippen molar-refractivity contribution in [1.82, 2.24) is 0 Å². The average molecular weight is 405 g/mol. The Balaban J connectivity index is 1.94. The fourth-order valence-electron chi connectivity index (χ4n) is 2.64. The fourth-order valence-corrected chi connectivity index (χ4v) is 2.91. The minimum Gasteiger partial charge on any atom is -0.294 e. The first-order valence-corrected chi connectivity index (χ1v) is 9.07. The summed E-state index contributed by atoms with van der Waals surface area (Å²) in [6, 6.07) is 25.8. The fraction of sp³-hybridized carbons (Fsp3) is 0.0435. The van der Waals surface area contributed by atoms with Crippen molar-refractivity contribution in [2.24, 2.45) is 0 Å². The number of Topliss-reactive ketones (excluding diaryl/α,β-unsaturated/α-hetero) is 1. The van der Waals surface area contributed by atoms with Crippen LogP contribution < -0.4 is 0 Å². The summed E-state index contributed by atoms with van der Waals surface area (Å²) in [5.74, 6) is -0.120. The van der Waals surface area contributed by atoms with Gasteiger partial charge in [0.25, 0.3) is 0 Å². The van der Waals surface area contributed by atoms with E-state index in [1.165, 1.54) is 0 Å². The number of carbonyl (C=O) groups is 2. The zero-order chi connectivity index (χ0) is 18.4. The van der Waals surface area contributed by atoms with Gasteiger partial charge < -0.3 is 0 Å². The zero-order valence-corrected chi connectivity index (χ0v) is 15.6. The van der Waals surface area contributed by atoms with E-state index in [1.807, 2.05) is 60.7 Å². The van der Waals surface area contributed by atoms with Gasteiger partial charge in [-0.15, -0.1) is 0 Å². The normalized spacial score (nSPS) is 11.2. The minimum atomic E-state index is -0.107. The third-order valence-electron chi connectivity index (χ3n) is 4.03. The summed E-state index contributed by atoms with van der Waals surface area (Å²) in [6.45, 7) is 0. The second-order valence-corrected chi connectivity index (χ2v) is 6.79. The standard InChI is InChI=1S/C23H17BrO2/c24-21-13-11-17(12-14-21)20(15-22(25)18-7-3-1-4-8-18)16-23(26)19-9-5-2-6-10-19/h1-15H,16H2/b20-15-. The summed E-state index contributed by atoms with van der Waals surface area (Å²) in [5.41, 5.74) is 2.82. The Bertz CT molecular complexity index is 927. The van der Waals surface area contributed by atoms with Gasteiger partial charge in [-0.25, -0.2) is 0 Å². The van der Waals surface area contributed by atoms with E-state index >= 15 is 0 Å². The summed E-state index contributed by atoms with van der Waals surface area (Å²) < 4.78 is 0.948. The summed E-state index contributed by atoms with van der Waals surface area (Å²) in [5, 5.41) is 0. The van der Waals surface area contributed by atoms with Crippen LogP contribution in [0, 0.1) is 0 Å². The zero-order valence-electron chi connectivity index (χ0n) is 14.1. The van der Waals surface area contributed by atoms with Gasteiger partial charge in [0.2, 0.25) is 0 Å². The van der Waals surface area contributed by atoms with Crippen molar-refractivity contribution in [1.29, 1.82) is 0 Å². The molecule has 0 saturated carbocycles. The molecule has 128 valence electrons. The van der Waals surface area contributed by atoms with Gasteiger partial charge in [0.05, 0.1) is 0 Å². The average Bonchev–Trinajstić information content (AvgIpc) is 2.69. The van der Waals surface area contributed by atoms with Crippen LogP contribution in [0.5, 0.6) is 0 Å². The van der Waals surface area contributed by atoms with Crippen LogP contribution in [0.4, 0.5) is 0 Å². The minimum absolute atomic E-state index is 0.0133. The maximum Gasteiger partial charge on any atom is 0.186 e. The molecule has 3 rings (SSSR count). The van der Waals surface area contributed by atoms with Crippen LogP contribution in [0.1, 0.15) is 32.7 Å². The van der Waals surface area contributed by atoms with Gasteiger partial charge in [0, 0.05) is 22.0 Å². The monoisotopic (exact) mass is 404 g/mol. The SMILES string of the molecule is O=C(/C=C(/CC(=O)c1ccccc1)c1ccc(Br)cc1)c1ccccc1. The van der Waals surface area contributed by atoms with Gasteiger partial charge in [-0.2, -0.15) is 0 Å². The van der Waals surface area contributed by atoms with Gasteiger partial charge in [0.15, 0.2) is 11.6 Å². The maximum absolute atomic E-state index is 12.7. The Kier molecular flexibility index (Phi) is 5.92. The van der Waals surface area contributed by atoms with Gasteiger partial charge in [0.1, 0.15) is 0 Å². The first-order valence-electron chi connectivity index (χ1n) is 8.27. The molecule has 0 spiro atoms. The predicted molar refractivity (Wildman–Crippen MR) is 108 cm³/mol. The topological polar surface area (TPSA) is 34.1 Å². The molecule has 3 aromatic rings. The Morgan fingerprint density at radius 1 is 0.692 bits per heavy atom. The Morgan fingerprint density at radius 2 is 1.23 bits per heavy atom. The molecule has 0 N–H and O–H groups in total.